The van der Waals surface area contributed by atoms with Crippen molar-refractivity contribution >= 4 is 60.4 Å². The Kier molecular flexibility index (Phi) is 65.8. The van der Waals surface area contributed by atoms with Gasteiger partial charge in [-0.3, -0.25) is 32.7 Å². The van der Waals surface area contributed by atoms with Gasteiger partial charge in [0.25, 0.3) is 0 Å². The molecule has 15 atom stereocenters. The van der Waals surface area contributed by atoms with Gasteiger partial charge in [-0.1, -0.05) is 0 Å². The second-order valence-corrected chi connectivity index (χ2v) is 32.1. The fourth-order valence-electron chi connectivity index (χ4n) is 11.7. The van der Waals surface area contributed by atoms with Crippen LogP contribution in [0.1, 0.15) is 70.6 Å². The van der Waals surface area contributed by atoms with Gasteiger partial charge in [0.2, 0.25) is 11.8 Å². The highest BCUT2D eigenvalue weighted by Gasteiger charge is 2.48. The second-order valence-electron chi connectivity index (χ2n) is 28.3. The summed E-state index contributed by atoms with van der Waals surface area (Å²) >= 11 is 0. The molecule has 3 aliphatic rings. The predicted octanol–water partition coefficient (Wildman–Crippen LogP) is -6.60. The van der Waals surface area contributed by atoms with Gasteiger partial charge in [-0.15, -0.1) is 0 Å². The Bertz CT molecular complexity index is 2710. The van der Waals surface area contributed by atoms with Crippen LogP contribution in [0.5, 0.6) is 0 Å². The number of aliphatic hydroxyl groups is 9. The normalized spacial score (nSPS) is 23.6. The predicted molar refractivity (Wildman–Crippen MR) is 425 cm³/mol. The molecule has 0 aliphatic carbocycles. The molecule has 0 aromatic rings. The summed E-state index contributed by atoms with van der Waals surface area (Å²) in [6, 6.07) is 0. The standard InChI is InChI=1S/C72H134BN2O48P3/c73-57(78)7-15-101-20-25-106-30-29-105-24-19-100-14-6-53(77)48-72(8-3-52(76)2-1-13-99-18-23-104-28-33-109-36-39-112-42-45-115-69-66(87)63(84)60(81)54(121-69)49-118-124(90,91)92,9-4-58(79)74-11-16-102-21-26-107-31-34-110-37-40-113-43-46-116-70-67(88)64(85)61(82)55(122-70)50-119-125(93,94)95)10-5-59(80)75-12-17-103-22-27-108-32-35-111-38-41-114-44-47-117-71-68(89)65(86)62(83)56(123-71)51-120-126(96,97)98/h54-56,60-71,81-89H,1-51H2,(H,74,79)(H,75,80)(H2,90,91,92)(H2,93,94,95)(H2,96,97,98). The lowest BCUT2D eigenvalue weighted by atomic mass is 9.71. The summed E-state index contributed by atoms with van der Waals surface area (Å²) in [5.74, 6) is -1.11. The maximum absolute atomic E-state index is 14.0. The van der Waals surface area contributed by atoms with E-state index < -0.39 is 147 Å². The Balaban J connectivity index is 1.48. The molecule has 15 unspecified atom stereocenters. The van der Waals surface area contributed by atoms with E-state index in [2.05, 4.69) is 24.2 Å². The molecular weight excluding hydrogens is 1760 g/mol. The highest BCUT2D eigenvalue weighted by atomic mass is 31.2. The largest absolute Gasteiger partial charge is 0.469 e. The zero-order valence-corrected chi connectivity index (χ0v) is 73.5. The van der Waals surface area contributed by atoms with Gasteiger partial charge < -0.3 is 195 Å². The molecule has 738 valence electrons. The van der Waals surface area contributed by atoms with E-state index in [9.17, 15) is 83.6 Å². The van der Waals surface area contributed by atoms with E-state index in [-0.39, 0.29) is 332 Å². The molecule has 3 heterocycles. The van der Waals surface area contributed by atoms with E-state index in [1.165, 1.54) is 0 Å². The van der Waals surface area contributed by atoms with Crippen molar-refractivity contribution in [3.63, 3.8) is 0 Å². The molecule has 17 N–H and O–H groups in total. The number of amides is 2. The first-order valence-corrected chi connectivity index (χ1v) is 45.9. The molecule has 54 heteroatoms. The van der Waals surface area contributed by atoms with E-state index in [0.29, 0.717) is 6.42 Å². The van der Waals surface area contributed by atoms with Gasteiger partial charge in [-0.25, -0.2) is 13.7 Å². The van der Waals surface area contributed by atoms with Crippen LogP contribution in [0, 0.1) is 5.41 Å². The number of Topliss-reactive ketones (excluding diaryl/α,β-unsaturated/α-hetero) is 2. The summed E-state index contributed by atoms with van der Waals surface area (Å²) in [6.45, 7) is 2.99. The van der Waals surface area contributed by atoms with E-state index in [0.717, 1.165) is 0 Å². The number of aliphatic hydroxyl groups excluding tert-OH is 9. The van der Waals surface area contributed by atoms with E-state index in [1.54, 1.807) is 0 Å². The van der Waals surface area contributed by atoms with Crippen molar-refractivity contribution < 1.29 is 231 Å². The number of carbonyl (C=O) groups excluding carboxylic acids is 5. The van der Waals surface area contributed by atoms with Gasteiger partial charge in [0.1, 0.15) is 84.8 Å². The molecule has 0 bridgehead atoms. The Morgan fingerprint density at radius 3 is 0.810 bits per heavy atom. The average Bonchev–Trinajstić information content (AvgIpc) is 0.824. The highest BCUT2D eigenvalue weighted by molar-refractivity contribution is 7.46. The fraction of sp³-hybridized carbons (Fsp3) is 0.931. The lowest BCUT2D eigenvalue weighted by Gasteiger charge is -2.40. The summed E-state index contributed by atoms with van der Waals surface area (Å²) in [6.07, 6.45) is -23.3. The topological polar surface area (TPSA) is 695 Å². The number of ketones is 2. The Hall–Kier alpha value is -2.90. The third-order valence-corrected chi connectivity index (χ3v) is 19.8. The molecule has 0 aromatic heterocycles. The quantitative estimate of drug-likeness (QED) is 0.0153. The molecule has 3 aliphatic heterocycles. The maximum atomic E-state index is 14.0. The van der Waals surface area contributed by atoms with Gasteiger partial charge in [0.15, 0.2) is 26.7 Å². The molecule has 50 nitrogen and oxygen atoms in total. The molecular formula is C72H134BN2O48P3. The van der Waals surface area contributed by atoms with E-state index in [1.807, 2.05) is 0 Å². The molecule has 2 radical (unpaired) electrons. The molecule has 3 rings (SSSR count). The number of carbonyl (C=O) groups is 5. The third-order valence-electron chi connectivity index (χ3n) is 18.4. The maximum Gasteiger partial charge on any atom is 0.469 e. The number of phosphoric ester groups is 3. The zero-order chi connectivity index (χ0) is 92.7. The van der Waals surface area contributed by atoms with Crippen LogP contribution in [0.15, 0.2) is 0 Å². The van der Waals surface area contributed by atoms with Gasteiger partial charge >= 0.3 is 23.5 Å². The summed E-state index contributed by atoms with van der Waals surface area (Å²) in [4.78, 5) is 120. The van der Waals surface area contributed by atoms with Crippen LogP contribution in [0.4, 0.5) is 0 Å². The van der Waals surface area contributed by atoms with Crippen molar-refractivity contribution in [3.05, 3.63) is 0 Å². The minimum absolute atomic E-state index is 0.00636. The Morgan fingerprint density at radius 2 is 0.532 bits per heavy atom. The van der Waals surface area contributed by atoms with E-state index >= 15 is 0 Å². The smallest absolute Gasteiger partial charge is 0.387 e. The van der Waals surface area contributed by atoms with Crippen molar-refractivity contribution in [1.82, 2.24) is 10.6 Å². The average molecular weight is 1900 g/mol. The second kappa shape index (κ2) is 70.7. The number of hydrogen-bond acceptors (Lipinski definition) is 42. The first-order chi connectivity index (χ1) is 60.2. The van der Waals surface area contributed by atoms with Crippen LogP contribution in [-0.2, 0) is 155 Å². The lowest BCUT2D eigenvalue weighted by Crippen LogP contribution is -2.59. The molecule has 3 fully saturated rings. The van der Waals surface area contributed by atoms with Gasteiger partial charge in [0, 0.05) is 64.6 Å². The lowest BCUT2D eigenvalue weighted by molar-refractivity contribution is -0.301. The van der Waals surface area contributed by atoms with Crippen molar-refractivity contribution in [1.29, 1.82) is 0 Å². The van der Waals surface area contributed by atoms with Crippen LogP contribution >= 0.6 is 23.5 Å². The van der Waals surface area contributed by atoms with Gasteiger partial charge in [-0.05, 0) is 31.1 Å². The zero-order valence-electron chi connectivity index (χ0n) is 70.8. The Labute approximate surface area is 731 Å². The van der Waals surface area contributed by atoms with Crippen LogP contribution in [0.25, 0.3) is 0 Å². The molecule has 2 amide bonds. The van der Waals surface area contributed by atoms with Crippen LogP contribution in [0.2, 0.25) is 0 Å². The van der Waals surface area contributed by atoms with Crippen LogP contribution in [-0.4, -0.2) is 468 Å². The Morgan fingerprint density at radius 1 is 0.286 bits per heavy atom. The van der Waals surface area contributed by atoms with Crippen molar-refractivity contribution in [3.8, 4) is 0 Å². The summed E-state index contributed by atoms with van der Waals surface area (Å²) in [7, 11) is -9.63. The minimum atomic E-state index is -4.92. The monoisotopic (exact) mass is 1900 g/mol. The van der Waals surface area contributed by atoms with Gasteiger partial charge in [0.05, 0.1) is 250 Å². The van der Waals surface area contributed by atoms with Crippen molar-refractivity contribution in [2.75, 3.05) is 264 Å². The third kappa shape index (κ3) is 59.0. The number of nitrogens with one attached hydrogen (secondary N) is 2. The summed E-state index contributed by atoms with van der Waals surface area (Å²) < 4.78 is 167. The van der Waals surface area contributed by atoms with Crippen LogP contribution in [0.3, 0.4) is 0 Å². The molecule has 0 aromatic carbocycles. The van der Waals surface area contributed by atoms with Crippen LogP contribution < -0.4 is 10.6 Å². The van der Waals surface area contributed by atoms with E-state index in [4.69, 9.17) is 141 Å². The van der Waals surface area contributed by atoms with Crippen molar-refractivity contribution in [2.45, 2.75) is 163 Å². The highest BCUT2D eigenvalue weighted by Crippen LogP contribution is 2.42. The first kappa shape index (κ1) is 117. The SMILES string of the molecule is [B]C(=O)CCOCCOCCOCCOCCC(=O)CC(CCC(=O)CCCOCCOCCOCCOCCOC1OC(COP(=O)(O)O)C(O)C(O)C1O)(CCC(=O)NCCOCCOCCOCCOCCOC1OC(COP(=O)(O)O)C(O)C(O)C1O)CCC(=O)NCCOCCOCCOCCOCCOC1OC(COP(=O)(O)O)C(O)C(O)C1O. The number of rotatable bonds is 84. The molecule has 0 spiro atoms. The van der Waals surface area contributed by atoms with Gasteiger partial charge in [-0.2, -0.15) is 0 Å². The number of hydrogen-bond donors (Lipinski definition) is 17. The summed E-state index contributed by atoms with van der Waals surface area (Å²) in [5.41, 5.74) is -1.50. The molecule has 3 saturated heterocycles. The first-order valence-electron chi connectivity index (χ1n) is 41.3. The summed E-state index contributed by atoms with van der Waals surface area (Å²) in [5, 5.41) is 97.0. The minimum Gasteiger partial charge on any atom is -0.387 e. The molecule has 0 saturated carbocycles. The molecule has 126 heavy (non-hydrogen) atoms. The fourth-order valence-corrected chi connectivity index (χ4v) is 12.7. The van der Waals surface area contributed by atoms with Crippen molar-refractivity contribution in [2.24, 2.45) is 5.41 Å². The number of phosphoric acid groups is 3. The number of ether oxygens (including phenoxy) is 22.